The molecule has 0 spiro atoms. The Morgan fingerprint density at radius 3 is 2.70 bits per heavy atom. The van der Waals surface area contributed by atoms with E-state index in [0.29, 0.717) is 0 Å². The van der Waals surface area contributed by atoms with Gasteiger partial charge >= 0.3 is 5.97 Å². The minimum absolute atomic E-state index is 0.0506. The predicted molar refractivity (Wildman–Crippen MR) is 122 cm³/mol. The highest BCUT2D eigenvalue weighted by Gasteiger charge is 2.12. The molecule has 0 saturated heterocycles. The molecule has 1 atom stereocenters. The van der Waals surface area contributed by atoms with E-state index in [1.807, 2.05) is 48.5 Å². The third-order valence-electron chi connectivity index (χ3n) is 4.77. The van der Waals surface area contributed by atoms with Crippen molar-refractivity contribution in [1.82, 2.24) is 4.98 Å². The van der Waals surface area contributed by atoms with Crippen molar-refractivity contribution in [2.75, 3.05) is 5.75 Å². The number of thioether (sulfide) groups is 1. The molecule has 1 N–H and O–H groups in total. The molecule has 0 radical (unpaired) electrons. The average Bonchev–Trinajstić information content (AvgIpc) is 2.74. The minimum atomic E-state index is -0.808. The summed E-state index contributed by atoms with van der Waals surface area (Å²) in [7, 11) is 0. The summed E-state index contributed by atoms with van der Waals surface area (Å²) in [5, 5.41) is 8.96. The van der Waals surface area contributed by atoms with Gasteiger partial charge < -0.3 is 9.84 Å². The van der Waals surface area contributed by atoms with Crippen LogP contribution in [0.3, 0.4) is 0 Å². The fourth-order valence-corrected chi connectivity index (χ4v) is 4.26. The largest absolute Gasteiger partial charge is 0.490 e. The van der Waals surface area contributed by atoms with Crippen molar-refractivity contribution in [2.45, 2.75) is 44.1 Å². The van der Waals surface area contributed by atoms with E-state index >= 15 is 0 Å². The van der Waals surface area contributed by atoms with Gasteiger partial charge in [0, 0.05) is 22.4 Å². The summed E-state index contributed by atoms with van der Waals surface area (Å²) in [5.74, 6) is 0.938. The number of aliphatic carboxylic acids is 1. The first-order valence-electron chi connectivity index (χ1n) is 10.2. The molecular formula is C25H27NO3S. The molecule has 5 heteroatoms. The van der Waals surface area contributed by atoms with E-state index < -0.39 is 5.97 Å². The van der Waals surface area contributed by atoms with Crippen LogP contribution >= 0.6 is 11.8 Å². The number of pyridine rings is 1. The smallest absolute Gasteiger partial charge is 0.307 e. The zero-order valence-electron chi connectivity index (χ0n) is 17.4. The first-order valence-corrected chi connectivity index (χ1v) is 11.2. The standard InChI is InChI=1S/C25H27NO3S/c1-3-19-10-11-24(22(16-19)23-9-4-5-13-26-23)29-18(2)12-14-30-21-8-6-7-20(15-21)17-25(27)28/h4-11,13,15-16,18H,3,12,14,17H2,1-2H3,(H,27,28)/t18-/m1/s1. The number of hydrogen-bond donors (Lipinski definition) is 1. The maximum Gasteiger partial charge on any atom is 0.307 e. The van der Waals surface area contributed by atoms with Crippen LogP contribution in [-0.2, 0) is 17.6 Å². The number of rotatable bonds is 10. The second kappa shape index (κ2) is 10.8. The Morgan fingerprint density at radius 2 is 1.97 bits per heavy atom. The molecule has 0 aliphatic rings. The lowest BCUT2D eigenvalue weighted by Gasteiger charge is -2.18. The van der Waals surface area contributed by atoms with Crippen molar-refractivity contribution in [2.24, 2.45) is 0 Å². The zero-order chi connectivity index (χ0) is 21.3. The SMILES string of the molecule is CCc1ccc(O[C@H](C)CCSc2cccc(CC(=O)O)c2)c(-c2ccccn2)c1. The van der Waals surface area contributed by atoms with Gasteiger partial charge in [0.25, 0.3) is 0 Å². The van der Waals surface area contributed by atoms with E-state index in [9.17, 15) is 4.79 Å². The predicted octanol–water partition coefficient (Wildman–Crippen LogP) is 5.89. The summed E-state index contributed by atoms with van der Waals surface area (Å²) < 4.78 is 6.28. The summed E-state index contributed by atoms with van der Waals surface area (Å²) >= 11 is 1.72. The zero-order valence-corrected chi connectivity index (χ0v) is 18.2. The van der Waals surface area contributed by atoms with Crippen LogP contribution in [0.4, 0.5) is 0 Å². The molecule has 0 aliphatic heterocycles. The molecule has 1 heterocycles. The van der Waals surface area contributed by atoms with Gasteiger partial charge in [-0.25, -0.2) is 0 Å². The Morgan fingerprint density at radius 1 is 1.10 bits per heavy atom. The lowest BCUT2D eigenvalue weighted by Crippen LogP contribution is -2.13. The van der Waals surface area contributed by atoms with E-state index in [4.69, 9.17) is 9.84 Å². The molecule has 0 unspecified atom stereocenters. The average molecular weight is 422 g/mol. The van der Waals surface area contributed by atoms with Crippen molar-refractivity contribution in [3.8, 4) is 17.0 Å². The highest BCUT2D eigenvalue weighted by Crippen LogP contribution is 2.31. The van der Waals surface area contributed by atoms with E-state index in [0.717, 1.165) is 46.1 Å². The van der Waals surface area contributed by atoms with E-state index in [1.165, 1.54) is 5.56 Å². The third-order valence-corrected chi connectivity index (χ3v) is 5.80. The van der Waals surface area contributed by atoms with Crippen LogP contribution in [0, 0.1) is 0 Å². The highest BCUT2D eigenvalue weighted by molar-refractivity contribution is 7.99. The van der Waals surface area contributed by atoms with Crippen LogP contribution in [0.15, 0.2) is 71.8 Å². The van der Waals surface area contributed by atoms with Crippen LogP contribution in [0.2, 0.25) is 0 Å². The highest BCUT2D eigenvalue weighted by atomic mass is 32.2. The molecule has 0 bridgehead atoms. The van der Waals surface area contributed by atoms with Crippen molar-refractivity contribution >= 4 is 17.7 Å². The molecule has 0 amide bonds. The van der Waals surface area contributed by atoms with Gasteiger partial charge in [0.1, 0.15) is 5.75 Å². The Bertz CT molecular complexity index is 975. The van der Waals surface area contributed by atoms with Gasteiger partial charge in [0.05, 0.1) is 18.2 Å². The fourth-order valence-electron chi connectivity index (χ4n) is 3.16. The lowest BCUT2D eigenvalue weighted by atomic mass is 10.0. The van der Waals surface area contributed by atoms with E-state index in [1.54, 1.807) is 18.0 Å². The Labute approximate surface area is 182 Å². The molecule has 2 aromatic carbocycles. The molecule has 3 aromatic rings. The number of aromatic nitrogens is 1. The molecule has 1 aromatic heterocycles. The van der Waals surface area contributed by atoms with Gasteiger partial charge in [-0.3, -0.25) is 9.78 Å². The molecule has 30 heavy (non-hydrogen) atoms. The Balaban J connectivity index is 1.61. The van der Waals surface area contributed by atoms with Crippen molar-refractivity contribution in [3.05, 3.63) is 78.0 Å². The number of benzene rings is 2. The van der Waals surface area contributed by atoms with Gasteiger partial charge in [-0.05, 0) is 67.3 Å². The van der Waals surface area contributed by atoms with Crippen molar-refractivity contribution in [1.29, 1.82) is 0 Å². The van der Waals surface area contributed by atoms with Crippen LogP contribution in [-0.4, -0.2) is 27.9 Å². The summed E-state index contributed by atoms with van der Waals surface area (Å²) in [6.45, 7) is 4.22. The molecule has 3 rings (SSSR count). The molecule has 156 valence electrons. The fraction of sp³-hybridized carbons (Fsp3) is 0.280. The van der Waals surface area contributed by atoms with Crippen LogP contribution in [0.1, 0.15) is 31.4 Å². The normalized spacial score (nSPS) is 11.8. The first-order chi connectivity index (χ1) is 14.5. The summed E-state index contributed by atoms with van der Waals surface area (Å²) in [6.07, 6.45) is 3.75. The van der Waals surface area contributed by atoms with E-state index in [2.05, 4.69) is 31.0 Å². The number of aryl methyl sites for hydroxylation is 1. The summed E-state index contributed by atoms with van der Waals surface area (Å²) in [5.41, 5.74) is 4.02. The van der Waals surface area contributed by atoms with Gasteiger partial charge in [-0.2, -0.15) is 0 Å². The van der Waals surface area contributed by atoms with Crippen LogP contribution in [0.25, 0.3) is 11.3 Å². The van der Waals surface area contributed by atoms with Crippen molar-refractivity contribution in [3.63, 3.8) is 0 Å². The summed E-state index contributed by atoms with van der Waals surface area (Å²) in [6, 6.07) is 20.0. The maximum atomic E-state index is 10.9. The monoisotopic (exact) mass is 421 g/mol. The van der Waals surface area contributed by atoms with Crippen molar-refractivity contribution < 1.29 is 14.6 Å². The lowest BCUT2D eigenvalue weighted by molar-refractivity contribution is -0.136. The summed E-state index contributed by atoms with van der Waals surface area (Å²) in [4.78, 5) is 16.5. The number of hydrogen-bond acceptors (Lipinski definition) is 4. The number of carboxylic acids is 1. The van der Waals surface area contributed by atoms with Gasteiger partial charge in [-0.15, -0.1) is 11.8 Å². The molecular weight excluding hydrogens is 394 g/mol. The number of carboxylic acid groups (broad SMARTS) is 1. The topological polar surface area (TPSA) is 59.4 Å². The number of carbonyl (C=O) groups is 1. The molecule has 0 aliphatic carbocycles. The van der Waals surface area contributed by atoms with Crippen LogP contribution in [0.5, 0.6) is 5.75 Å². The maximum absolute atomic E-state index is 10.9. The third kappa shape index (κ3) is 6.36. The Kier molecular flexibility index (Phi) is 7.91. The minimum Gasteiger partial charge on any atom is -0.490 e. The van der Waals surface area contributed by atoms with Gasteiger partial charge in [0.2, 0.25) is 0 Å². The van der Waals surface area contributed by atoms with E-state index in [-0.39, 0.29) is 12.5 Å². The van der Waals surface area contributed by atoms with Gasteiger partial charge in [-0.1, -0.05) is 31.2 Å². The second-order valence-electron chi connectivity index (χ2n) is 7.18. The second-order valence-corrected chi connectivity index (χ2v) is 8.35. The first kappa shape index (κ1) is 21.9. The number of ether oxygens (including phenoxy) is 1. The number of nitrogens with zero attached hydrogens (tertiary/aromatic N) is 1. The van der Waals surface area contributed by atoms with Gasteiger partial charge in [0.15, 0.2) is 0 Å². The molecule has 0 saturated carbocycles. The van der Waals surface area contributed by atoms with Crippen LogP contribution < -0.4 is 4.74 Å². The molecule has 0 fully saturated rings. The Hall–Kier alpha value is -2.79. The quantitative estimate of drug-likeness (QED) is 0.414. The molecule has 4 nitrogen and oxygen atoms in total.